The number of carbonyl (C=O) groups excluding carboxylic acids is 2. The van der Waals surface area contributed by atoms with Crippen molar-refractivity contribution < 1.29 is 33.6 Å². The number of morpholine rings is 1. The summed E-state index contributed by atoms with van der Waals surface area (Å²) < 4.78 is 26.5. The number of hydrogen-bond acceptors (Lipinski definition) is 10. The third-order valence-corrected chi connectivity index (χ3v) is 19.0. The molecular weight excluding hydrogens is 723 g/mol. The van der Waals surface area contributed by atoms with E-state index in [0.29, 0.717) is 31.0 Å². The second-order valence-corrected chi connectivity index (χ2v) is 22.1. The van der Waals surface area contributed by atoms with Crippen LogP contribution in [0.3, 0.4) is 0 Å². The Labute approximate surface area is 341 Å². The van der Waals surface area contributed by atoms with Crippen molar-refractivity contribution in [3.8, 4) is 0 Å². The van der Waals surface area contributed by atoms with Crippen molar-refractivity contribution in [2.75, 3.05) is 65.5 Å². The summed E-state index contributed by atoms with van der Waals surface area (Å²) in [7, 11) is 0. The van der Waals surface area contributed by atoms with E-state index in [0.717, 1.165) is 104 Å². The Morgan fingerprint density at radius 1 is 0.912 bits per heavy atom. The molecule has 0 aromatic heterocycles. The summed E-state index contributed by atoms with van der Waals surface area (Å²) in [6.45, 7) is 22.1. The van der Waals surface area contributed by atoms with Crippen LogP contribution in [0.15, 0.2) is 0 Å². The molecule has 0 radical (unpaired) electrons. The zero-order valence-corrected chi connectivity index (χ0v) is 35.8. The highest BCUT2D eigenvalue weighted by atomic mass is 16.7. The number of nitrogens with two attached hydrogens (primary N) is 1. The van der Waals surface area contributed by atoms with Crippen LogP contribution in [0.1, 0.15) is 106 Å². The lowest BCUT2D eigenvalue weighted by molar-refractivity contribution is -0.251. The Balaban J connectivity index is 0.808. The Kier molecular flexibility index (Phi) is 9.54. The molecule has 0 aromatic rings. The van der Waals surface area contributed by atoms with Gasteiger partial charge in [-0.15, -0.1) is 0 Å². The summed E-state index contributed by atoms with van der Waals surface area (Å²) in [5.74, 6) is 1.66. The minimum Gasteiger partial charge on any atom is -0.443 e. The zero-order valence-electron chi connectivity index (χ0n) is 35.8. The zero-order chi connectivity index (χ0) is 39.9. The Bertz CT molecular complexity index is 1580. The molecule has 5 heterocycles. The van der Waals surface area contributed by atoms with Gasteiger partial charge in [-0.3, -0.25) is 14.6 Å². The van der Waals surface area contributed by atoms with Gasteiger partial charge >= 0.3 is 6.09 Å². The highest BCUT2D eigenvalue weighted by Crippen LogP contribution is 2.87. The molecule has 2 spiro atoms. The molecule has 0 bridgehead atoms. The van der Waals surface area contributed by atoms with Gasteiger partial charge in [0.2, 0.25) is 5.91 Å². The van der Waals surface area contributed by atoms with Crippen LogP contribution in [0.25, 0.3) is 0 Å². The number of likely N-dealkylation sites (tertiary alicyclic amines) is 3. The highest BCUT2D eigenvalue weighted by molar-refractivity contribution is 5.79. The van der Waals surface area contributed by atoms with Crippen LogP contribution in [-0.4, -0.2) is 151 Å². The number of aliphatic hydroxyl groups excluding tert-OH is 1. The smallest absolute Gasteiger partial charge is 0.410 e. The molecule has 5 saturated heterocycles. The van der Waals surface area contributed by atoms with Gasteiger partial charge in [0.15, 0.2) is 6.29 Å². The van der Waals surface area contributed by atoms with E-state index in [-0.39, 0.29) is 82.1 Å². The molecule has 14 unspecified atom stereocenters. The molecule has 10 fully saturated rings. The van der Waals surface area contributed by atoms with Crippen LogP contribution in [0.2, 0.25) is 0 Å². The van der Waals surface area contributed by atoms with Gasteiger partial charge in [-0.1, -0.05) is 41.5 Å². The van der Waals surface area contributed by atoms with Crippen LogP contribution in [0.4, 0.5) is 4.79 Å². The van der Waals surface area contributed by atoms with Crippen LogP contribution in [0.5, 0.6) is 0 Å². The average molecular weight is 796 g/mol. The number of fused-ring (bicyclic) bond motifs is 4. The van der Waals surface area contributed by atoms with Gasteiger partial charge in [-0.25, -0.2) is 4.79 Å². The highest BCUT2D eigenvalue weighted by Gasteiger charge is 2.85. The fourth-order valence-electron chi connectivity index (χ4n) is 15.7. The number of amides is 2. The molecule has 10 aliphatic rings. The second kappa shape index (κ2) is 13.7. The molecule has 2 amide bonds. The maximum absolute atomic E-state index is 13.0. The maximum Gasteiger partial charge on any atom is 0.410 e. The van der Waals surface area contributed by atoms with Gasteiger partial charge < -0.3 is 39.6 Å². The van der Waals surface area contributed by atoms with Gasteiger partial charge in [-0.05, 0) is 115 Å². The molecule has 3 N–H and O–H groups in total. The van der Waals surface area contributed by atoms with Gasteiger partial charge in [0.25, 0.3) is 0 Å². The fourth-order valence-corrected chi connectivity index (χ4v) is 15.7. The number of hydrogen-bond donors (Lipinski definition) is 2. The van der Waals surface area contributed by atoms with Crippen molar-refractivity contribution in [2.24, 2.45) is 57.0 Å². The lowest BCUT2D eigenvalue weighted by Gasteiger charge is -2.63. The Hall–Kier alpha value is -1.54. The predicted molar refractivity (Wildman–Crippen MR) is 214 cm³/mol. The van der Waals surface area contributed by atoms with Crippen molar-refractivity contribution in [2.45, 2.75) is 154 Å². The number of rotatable bonds is 8. The fraction of sp³-hybridized carbons (Fsp3) is 0.956. The van der Waals surface area contributed by atoms with Crippen molar-refractivity contribution >= 4 is 12.0 Å². The van der Waals surface area contributed by atoms with E-state index in [9.17, 15) is 14.7 Å². The lowest BCUT2D eigenvalue weighted by atomic mass is 9.43. The predicted octanol–water partition coefficient (Wildman–Crippen LogP) is 4.32. The largest absolute Gasteiger partial charge is 0.443 e. The van der Waals surface area contributed by atoms with E-state index in [1.807, 2.05) is 4.90 Å². The molecule has 12 heteroatoms. The minimum absolute atomic E-state index is 0.00215. The minimum atomic E-state index is -0.754. The first-order chi connectivity index (χ1) is 27.1. The summed E-state index contributed by atoms with van der Waals surface area (Å²) in [5, 5.41) is 12.7. The van der Waals surface area contributed by atoms with E-state index < -0.39 is 11.6 Å². The third kappa shape index (κ3) is 5.68. The van der Waals surface area contributed by atoms with Gasteiger partial charge in [0.05, 0.1) is 43.1 Å². The summed E-state index contributed by atoms with van der Waals surface area (Å²) in [6, 6.07) is 0.465. The third-order valence-electron chi connectivity index (χ3n) is 19.0. The van der Waals surface area contributed by atoms with Crippen LogP contribution < -0.4 is 5.73 Å². The van der Waals surface area contributed by atoms with E-state index in [4.69, 9.17) is 24.7 Å². The summed E-state index contributed by atoms with van der Waals surface area (Å²) in [5.41, 5.74) is 7.36. The average Bonchev–Trinajstić information content (AvgIpc) is 3.73. The van der Waals surface area contributed by atoms with E-state index >= 15 is 0 Å². The molecule has 320 valence electrons. The van der Waals surface area contributed by atoms with Crippen LogP contribution >= 0.6 is 0 Å². The Morgan fingerprint density at radius 3 is 2.30 bits per heavy atom. The summed E-state index contributed by atoms with van der Waals surface area (Å²) >= 11 is 0. The molecule has 5 aliphatic heterocycles. The van der Waals surface area contributed by atoms with E-state index in [1.165, 1.54) is 12.8 Å². The molecule has 14 atom stereocenters. The van der Waals surface area contributed by atoms with E-state index in [2.05, 4.69) is 51.3 Å². The Morgan fingerprint density at radius 2 is 1.61 bits per heavy atom. The number of aliphatic hydroxyl groups is 1. The molecule has 57 heavy (non-hydrogen) atoms. The maximum atomic E-state index is 13.0. The molecule has 5 saturated carbocycles. The van der Waals surface area contributed by atoms with Crippen LogP contribution in [0, 0.1) is 51.2 Å². The first-order valence-corrected chi connectivity index (χ1v) is 23.2. The number of nitrogens with zero attached hydrogens (tertiary/aromatic N) is 4. The summed E-state index contributed by atoms with van der Waals surface area (Å²) in [4.78, 5) is 34.1. The number of ether oxygens (including phenoxy) is 4. The van der Waals surface area contributed by atoms with Gasteiger partial charge in [0.1, 0.15) is 6.10 Å². The monoisotopic (exact) mass is 796 g/mol. The van der Waals surface area contributed by atoms with Gasteiger partial charge in [0, 0.05) is 58.4 Å². The normalized spacial score (nSPS) is 48.3. The van der Waals surface area contributed by atoms with Crippen molar-refractivity contribution in [3.05, 3.63) is 0 Å². The SMILES string of the molecule is CC(C)C(OC(=O)N1CCC1)C1CC(C)C2C(O1)C(O)C1(N)C3CCC4C(C)(C)C(OC5CN(C6CN(CC(=O)N7CCC7)C6)CCO5)CCC45CC35CCC21C. The number of carbonyl (C=O) groups is 2. The summed E-state index contributed by atoms with van der Waals surface area (Å²) in [6.07, 6.45) is 8.71. The van der Waals surface area contributed by atoms with Crippen molar-refractivity contribution in [1.29, 1.82) is 0 Å². The molecule has 5 aliphatic carbocycles. The molecule has 0 aromatic carbocycles. The first kappa shape index (κ1) is 39.6. The van der Waals surface area contributed by atoms with Crippen LogP contribution in [-0.2, 0) is 23.7 Å². The standard InChI is InChI=1S/C45H73N5O7/c1-27(2)37(57-40(53)49-17-8-18-49)30-21-28(3)36-38(55-30)39(52)45(46)32-10-9-31-41(4,5)33(11-12-43(31)26-44(32,43)14-13-42(36,45)6)56-35-25-50(19-20-54-35)29-22-47(23-29)24-34(51)48-15-7-16-48/h27-33,35-39,52H,7-26,46H2,1-6H3. The first-order valence-electron chi connectivity index (χ1n) is 23.2. The molecular formula is C45H73N5O7. The molecule has 10 rings (SSSR count). The quantitative estimate of drug-likeness (QED) is 0.367. The van der Waals surface area contributed by atoms with Crippen molar-refractivity contribution in [1.82, 2.24) is 19.6 Å². The topological polar surface area (TPSA) is 130 Å². The van der Waals surface area contributed by atoms with Crippen molar-refractivity contribution in [3.63, 3.8) is 0 Å². The van der Waals surface area contributed by atoms with Gasteiger partial charge in [-0.2, -0.15) is 0 Å². The molecule has 12 nitrogen and oxygen atoms in total. The lowest BCUT2D eigenvalue weighted by Crippen LogP contribution is -2.70. The second-order valence-electron chi connectivity index (χ2n) is 22.1. The van der Waals surface area contributed by atoms with E-state index in [1.54, 1.807) is 4.90 Å².